The van der Waals surface area contributed by atoms with Gasteiger partial charge in [-0.05, 0) is 28.8 Å². The van der Waals surface area contributed by atoms with Crippen LogP contribution < -0.4 is 17.2 Å². The molecule has 6 nitrogen and oxygen atoms in total. The second-order valence-electron chi connectivity index (χ2n) is 9.94. The van der Waals surface area contributed by atoms with E-state index in [0.29, 0.717) is 19.8 Å². The van der Waals surface area contributed by atoms with E-state index in [0.717, 1.165) is 12.0 Å². The van der Waals surface area contributed by atoms with Crippen LogP contribution in [-0.2, 0) is 20.8 Å². The monoisotopic (exact) mass is 485 g/mol. The molecule has 35 heavy (non-hydrogen) atoms. The van der Waals surface area contributed by atoms with Gasteiger partial charge in [-0.15, -0.1) is 0 Å². The Hall–Kier alpha value is -1.54. The third-order valence-corrected chi connectivity index (χ3v) is 7.08. The lowest BCUT2D eigenvalue weighted by molar-refractivity contribution is -0.237. The van der Waals surface area contributed by atoms with Crippen LogP contribution in [0.3, 0.4) is 0 Å². The Balaban J connectivity index is 1.41. The lowest BCUT2D eigenvalue weighted by Gasteiger charge is -2.43. The first-order chi connectivity index (χ1) is 17.1. The minimum absolute atomic E-state index is 0.307. The van der Waals surface area contributed by atoms with E-state index in [4.69, 9.17) is 31.4 Å². The van der Waals surface area contributed by atoms with Gasteiger partial charge < -0.3 is 31.4 Å². The topological polar surface area (TPSA) is 106 Å². The number of nitrogens with two attached hydrogens (primary N) is 3. The molecular weight excluding hydrogens is 438 g/mol. The number of benzene rings is 2. The van der Waals surface area contributed by atoms with Crippen LogP contribution in [0.25, 0.3) is 10.8 Å². The first-order valence-electron chi connectivity index (χ1n) is 13.7. The Morgan fingerprint density at radius 2 is 1.43 bits per heavy atom. The highest BCUT2D eigenvalue weighted by Gasteiger charge is 2.43. The van der Waals surface area contributed by atoms with Crippen molar-refractivity contribution in [3.63, 3.8) is 0 Å². The van der Waals surface area contributed by atoms with Gasteiger partial charge in [-0.1, -0.05) is 101 Å². The van der Waals surface area contributed by atoms with Crippen LogP contribution in [0, 0.1) is 0 Å². The Kier molecular flexibility index (Phi) is 12.5. The Bertz CT molecular complexity index is 849. The van der Waals surface area contributed by atoms with Gasteiger partial charge >= 0.3 is 0 Å². The molecule has 2 aromatic rings. The van der Waals surface area contributed by atoms with Crippen LogP contribution in [-0.4, -0.2) is 43.7 Å². The maximum absolute atomic E-state index is 6.52. The van der Waals surface area contributed by atoms with Gasteiger partial charge in [0.2, 0.25) is 0 Å². The minimum atomic E-state index is -0.552. The average Bonchev–Trinajstić information content (AvgIpc) is 2.88. The summed E-state index contributed by atoms with van der Waals surface area (Å²) in [6.07, 6.45) is 11.6. The largest absolute Gasteiger partial charge is 0.370 e. The number of ether oxygens (including phenoxy) is 3. The molecule has 0 unspecified atom stereocenters. The zero-order valence-corrected chi connectivity index (χ0v) is 21.6. The van der Waals surface area contributed by atoms with Crippen molar-refractivity contribution in [1.82, 2.24) is 0 Å². The fourth-order valence-corrected chi connectivity index (χ4v) is 4.87. The molecule has 1 heterocycles. The summed E-state index contributed by atoms with van der Waals surface area (Å²) in [5.41, 5.74) is 20.0. The Morgan fingerprint density at radius 1 is 0.771 bits per heavy atom. The summed E-state index contributed by atoms with van der Waals surface area (Å²) in [7, 11) is 0. The molecule has 0 aliphatic carbocycles. The molecular formula is C29H47N3O3. The van der Waals surface area contributed by atoms with Crippen molar-refractivity contribution in [2.75, 3.05) is 13.2 Å². The predicted octanol–water partition coefficient (Wildman–Crippen LogP) is 5.00. The lowest BCUT2D eigenvalue weighted by atomic mass is 9.95. The predicted molar refractivity (Wildman–Crippen MR) is 144 cm³/mol. The van der Waals surface area contributed by atoms with E-state index in [1.54, 1.807) is 0 Å². The molecule has 1 saturated heterocycles. The highest BCUT2D eigenvalue weighted by Crippen LogP contribution is 2.24. The van der Waals surface area contributed by atoms with Gasteiger partial charge in [0.25, 0.3) is 0 Å². The van der Waals surface area contributed by atoms with E-state index in [1.165, 1.54) is 68.6 Å². The second-order valence-corrected chi connectivity index (χ2v) is 9.94. The van der Waals surface area contributed by atoms with Crippen molar-refractivity contribution in [1.29, 1.82) is 0 Å². The van der Waals surface area contributed by atoms with Crippen molar-refractivity contribution in [3.8, 4) is 0 Å². The van der Waals surface area contributed by atoms with Gasteiger partial charge in [-0.2, -0.15) is 0 Å². The quantitative estimate of drug-likeness (QED) is 0.289. The summed E-state index contributed by atoms with van der Waals surface area (Å²) in [5, 5.41) is 2.39. The van der Waals surface area contributed by atoms with Crippen molar-refractivity contribution >= 4 is 10.8 Å². The molecule has 5 atom stereocenters. The van der Waals surface area contributed by atoms with Crippen molar-refractivity contribution in [2.45, 2.75) is 108 Å². The Morgan fingerprint density at radius 3 is 2.11 bits per heavy atom. The average molecular weight is 486 g/mol. The molecule has 0 bridgehead atoms. The summed E-state index contributed by atoms with van der Waals surface area (Å²) in [6.45, 7) is 3.62. The first kappa shape index (κ1) is 28.0. The molecule has 0 radical (unpaired) electrons. The maximum Gasteiger partial charge on any atom is 0.175 e. The molecule has 6 N–H and O–H groups in total. The third-order valence-electron chi connectivity index (χ3n) is 7.08. The smallest absolute Gasteiger partial charge is 0.175 e. The van der Waals surface area contributed by atoms with E-state index in [2.05, 4.69) is 37.3 Å². The maximum atomic E-state index is 6.52. The molecule has 1 aliphatic rings. The summed E-state index contributed by atoms with van der Waals surface area (Å²) >= 11 is 0. The van der Waals surface area contributed by atoms with Crippen LogP contribution in [0.5, 0.6) is 0 Å². The van der Waals surface area contributed by atoms with E-state index in [-0.39, 0.29) is 12.2 Å². The molecule has 0 amide bonds. The second kappa shape index (κ2) is 15.5. The summed E-state index contributed by atoms with van der Waals surface area (Å²) in [5.74, 6) is 0. The molecule has 0 aromatic heterocycles. The zero-order chi connectivity index (χ0) is 24.9. The van der Waals surface area contributed by atoms with Crippen molar-refractivity contribution in [3.05, 3.63) is 48.0 Å². The van der Waals surface area contributed by atoms with Gasteiger partial charge in [-0.3, -0.25) is 0 Å². The molecule has 1 fully saturated rings. The molecule has 6 heteroatoms. The minimum Gasteiger partial charge on any atom is -0.370 e. The third kappa shape index (κ3) is 8.81. The van der Waals surface area contributed by atoms with Gasteiger partial charge in [-0.25, -0.2) is 0 Å². The van der Waals surface area contributed by atoms with Crippen molar-refractivity contribution in [2.24, 2.45) is 17.2 Å². The number of unbranched alkanes of at least 4 members (excludes halogenated alkanes) is 9. The number of rotatable bonds is 16. The molecule has 0 spiro atoms. The van der Waals surface area contributed by atoms with Crippen molar-refractivity contribution < 1.29 is 14.2 Å². The van der Waals surface area contributed by atoms with Gasteiger partial charge in [0.1, 0.15) is 0 Å². The molecule has 196 valence electrons. The zero-order valence-electron chi connectivity index (χ0n) is 21.6. The van der Waals surface area contributed by atoms with E-state index in [1.807, 2.05) is 12.1 Å². The molecule has 3 rings (SSSR count). The van der Waals surface area contributed by atoms with Crippen LogP contribution in [0.2, 0.25) is 0 Å². The summed E-state index contributed by atoms with van der Waals surface area (Å²) < 4.78 is 18.3. The molecule has 0 saturated carbocycles. The molecule has 1 aliphatic heterocycles. The fraction of sp³-hybridized carbons (Fsp3) is 0.655. The normalized spacial score (nSPS) is 24.7. The SMILES string of the molecule is CCCCCCCCCCCCO[C@@H]1O[C@H](CN)[C@H](N)[C@H](OCc2ccc3ccccc3c2)[C@H]1N. The standard InChI is InChI=1S/C29H47N3O3/c1-2-3-4-5-6-7-8-9-10-13-18-33-29-27(32)28(26(31)25(20-30)35-29)34-21-22-16-17-23-14-11-12-15-24(23)19-22/h11-12,14-17,19,25-29H,2-10,13,18,20-21,30-32H2,1H3/t25-,26+,27-,28+,29-/m1/s1. The number of hydrogen-bond donors (Lipinski definition) is 3. The van der Waals surface area contributed by atoms with E-state index < -0.39 is 18.4 Å². The number of hydrogen-bond acceptors (Lipinski definition) is 6. The van der Waals surface area contributed by atoms with E-state index >= 15 is 0 Å². The van der Waals surface area contributed by atoms with Crippen LogP contribution >= 0.6 is 0 Å². The van der Waals surface area contributed by atoms with Crippen LogP contribution in [0.15, 0.2) is 42.5 Å². The molecule has 2 aromatic carbocycles. The first-order valence-corrected chi connectivity index (χ1v) is 13.7. The van der Waals surface area contributed by atoms with Crippen LogP contribution in [0.1, 0.15) is 76.7 Å². The highest BCUT2D eigenvalue weighted by atomic mass is 16.7. The highest BCUT2D eigenvalue weighted by molar-refractivity contribution is 5.82. The van der Waals surface area contributed by atoms with E-state index in [9.17, 15) is 0 Å². The summed E-state index contributed by atoms with van der Waals surface area (Å²) in [6, 6.07) is 13.8. The van der Waals surface area contributed by atoms with Gasteiger partial charge in [0.05, 0.1) is 30.9 Å². The van der Waals surface area contributed by atoms with Gasteiger partial charge in [0, 0.05) is 13.2 Å². The van der Waals surface area contributed by atoms with Gasteiger partial charge in [0.15, 0.2) is 6.29 Å². The lowest BCUT2D eigenvalue weighted by Crippen LogP contribution is -2.66. The number of fused-ring (bicyclic) bond motifs is 1. The Labute approximate surface area is 211 Å². The fourth-order valence-electron chi connectivity index (χ4n) is 4.87. The summed E-state index contributed by atoms with van der Waals surface area (Å²) in [4.78, 5) is 0. The van der Waals surface area contributed by atoms with Crippen LogP contribution in [0.4, 0.5) is 0 Å².